The quantitative estimate of drug-likeness (QED) is 0.766. The monoisotopic (exact) mass is 202 g/mol. The average Bonchev–Trinajstić information content (AvgIpc) is 3.10. The molecule has 2 rings (SSSR count). The van der Waals surface area contributed by atoms with E-state index in [1.807, 2.05) is 12.1 Å². The summed E-state index contributed by atoms with van der Waals surface area (Å²) in [4.78, 5) is 4.00. The normalized spacial score (nSPS) is 16.8. The van der Waals surface area contributed by atoms with Crippen LogP contribution in [-0.2, 0) is 0 Å². The van der Waals surface area contributed by atoms with Crippen LogP contribution < -0.4 is 11.1 Å². The number of nitrogens with zero attached hydrogens (tertiary/aromatic N) is 2. The van der Waals surface area contributed by atoms with Gasteiger partial charge in [0.1, 0.15) is 6.07 Å². The third-order valence-electron chi connectivity index (χ3n) is 2.70. The Morgan fingerprint density at radius 2 is 2.47 bits per heavy atom. The van der Waals surface area contributed by atoms with Gasteiger partial charge in [-0.25, -0.2) is 4.98 Å². The smallest absolute Gasteiger partial charge is 0.163 e. The average molecular weight is 202 g/mol. The lowest BCUT2D eigenvalue weighted by Crippen LogP contribution is -2.31. The second kappa shape index (κ2) is 4.28. The largest absolute Gasteiger partial charge is 0.378 e. The maximum atomic E-state index is 8.87. The van der Waals surface area contributed by atoms with Crippen LogP contribution in [-0.4, -0.2) is 17.6 Å². The van der Waals surface area contributed by atoms with Gasteiger partial charge in [0.15, 0.2) is 5.69 Å². The Kier molecular flexibility index (Phi) is 2.84. The maximum absolute atomic E-state index is 8.87. The SMILES string of the molecule is N#Cc1ncccc1NC(CN)C1CC1. The lowest BCUT2D eigenvalue weighted by molar-refractivity contribution is 0.644. The van der Waals surface area contributed by atoms with Crippen molar-refractivity contribution in [2.24, 2.45) is 11.7 Å². The number of rotatable bonds is 4. The van der Waals surface area contributed by atoms with Crippen LogP contribution in [0.15, 0.2) is 18.3 Å². The first-order valence-corrected chi connectivity index (χ1v) is 5.17. The molecule has 0 bridgehead atoms. The molecule has 0 spiro atoms. The highest BCUT2D eigenvalue weighted by Gasteiger charge is 2.30. The van der Waals surface area contributed by atoms with Crippen molar-refractivity contribution in [3.8, 4) is 6.07 Å². The van der Waals surface area contributed by atoms with Crippen LogP contribution >= 0.6 is 0 Å². The summed E-state index contributed by atoms with van der Waals surface area (Å²) < 4.78 is 0. The second-order valence-corrected chi connectivity index (χ2v) is 3.84. The Hall–Kier alpha value is -1.60. The van der Waals surface area contributed by atoms with E-state index >= 15 is 0 Å². The van der Waals surface area contributed by atoms with Gasteiger partial charge >= 0.3 is 0 Å². The van der Waals surface area contributed by atoms with E-state index in [2.05, 4.69) is 16.4 Å². The molecular formula is C11H14N4. The van der Waals surface area contributed by atoms with Crippen molar-refractivity contribution in [2.75, 3.05) is 11.9 Å². The molecule has 1 aliphatic carbocycles. The summed E-state index contributed by atoms with van der Waals surface area (Å²) in [6, 6.07) is 6.04. The first-order chi connectivity index (χ1) is 7.35. The fourth-order valence-electron chi connectivity index (χ4n) is 1.68. The molecule has 1 atom stereocenters. The molecule has 1 aromatic heterocycles. The van der Waals surface area contributed by atoms with E-state index in [1.165, 1.54) is 12.8 Å². The number of aromatic nitrogens is 1. The molecule has 1 heterocycles. The Morgan fingerprint density at radius 1 is 1.67 bits per heavy atom. The predicted octanol–water partition coefficient (Wildman–Crippen LogP) is 1.10. The van der Waals surface area contributed by atoms with Crippen molar-refractivity contribution in [3.63, 3.8) is 0 Å². The molecule has 0 aromatic carbocycles. The van der Waals surface area contributed by atoms with Crippen LogP contribution in [0.25, 0.3) is 0 Å². The molecule has 4 heteroatoms. The summed E-state index contributed by atoms with van der Waals surface area (Å²) in [6.45, 7) is 0.602. The number of nitriles is 1. The molecule has 1 unspecified atom stereocenters. The third kappa shape index (κ3) is 2.25. The molecule has 1 aromatic rings. The zero-order chi connectivity index (χ0) is 10.7. The molecular weight excluding hydrogens is 188 g/mol. The summed E-state index contributed by atoms with van der Waals surface area (Å²) in [5.74, 6) is 0.668. The van der Waals surface area contributed by atoms with E-state index in [0.29, 0.717) is 18.2 Å². The van der Waals surface area contributed by atoms with Crippen LogP contribution in [0, 0.1) is 17.2 Å². The number of hydrogen-bond acceptors (Lipinski definition) is 4. The Morgan fingerprint density at radius 3 is 3.07 bits per heavy atom. The van der Waals surface area contributed by atoms with Gasteiger partial charge in [-0.3, -0.25) is 0 Å². The summed E-state index contributed by atoms with van der Waals surface area (Å²) >= 11 is 0. The van der Waals surface area contributed by atoms with Crippen molar-refractivity contribution in [1.29, 1.82) is 5.26 Å². The van der Waals surface area contributed by atoms with E-state index < -0.39 is 0 Å². The zero-order valence-corrected chi connectivity index (χ0v) is 8.48. The number of nitrogens with one attached hydrogen (secondary N) is 1. The number of nitrogens with two attached hydrogens (primary N) is 1. The van der Waals surface area contributed by atoms with Crippen LogP contribution in [0.3, 0.4) is 0 Å². The maximum Gasteiger partial charge on any atom is 0.163 e. The first-order valence-electron chi connectivity index (χ1n) is 5.17. The van der Waals surface area contributed by atoms with Gasteiger partial charge in [-0.15, -0.1) is 0 Å². The van der Waals surface area contributed by atoms with Gasteiger partial charge in [-0.1, -0.05) is 0 Å². The van der Waals surface area contributed by atoms with Crippen molar-refractivity contribution in [2.45, 2.75) is 18.9 Å². The molecule has 1 saturated carbocycles. The molecule has 78 valence electrons. The van der Waals surface area contributed by atoms with E-state index in [0.717, 1.165) is 5.69 Å². The molecule has 1 aliphatic rings. The van der Waals surface area contributed by atoms with Crippen LogP contribution in [0.4, 0.5) is 5.69 Å². The molecule has 4 nitrogen and oxygen atoms in total. The molecule has 3 N–H and O–H groups in total. The molecule has 0 amide bonds. The van der Waals surface area contributed by atoms with Gasteiger partial charge < -0.3 is 11.1 Å². The molecule has 0 saturated heterocycles. The van der Waals surface area contributed by atoms with Gasteiger partial charge in [-0.2, -0.15) is 5.26 Å². The Balaban J connectivity index is 2.12. The first kappa shape index (κ1) is 9.94. The van der Waals surface area contributed by atoms with Crippen molar-refractivity contribution in [3.05, 3.63) is 24.0 Å². The van der Waals surface area contributed by atoms with E-state index in [1.54, 1.807) is 6.20 Å². The van der Waals surface area contributed by atoms with E-state index in [4.69, 9.17) is 11.0 Å². The van der Waals surface area contributed by atoms with E-state index in [9.17, 15) is 0 Å². The van der Waals surface area contributed by atoms with Gasteiger partial charge in [0.05, 0.1) is 5.69 Å². The van der Waals surface area contributed by atoms with E-state index in [-0.39, 0.29) is 6.04 Å². The number of anilines is 1. The Labute approximate surface area is 89.1 Å². The minimum Gasteiger partial charge on any atom is -0.378 e. The summed E-state index contributed by atoms with van der Waals surface area (Å²) in [6.07, 6.45) is 4.09. The van der Waals surface area contributed by atoms with Gasteiger partial charge in [0.25, 0.3) is 0 Å². The highest BCUT2D eigenvalue weighted by molar-refractivity contribution is 5.54. The Bertz CT molecular complexity index is 378. The predicted molar refractivity (Wildman–Crippen MR) is 58.1 cm³/mol. The van der Waals surface area contributed by atoms with Gasteiger partial charge in [0.2, 0.25) is 0 Å². The molecule has 15 heavy (non-hydrogen) atoms. The minimum atomic E-state index is 0.279. The van der Waals surface area contributed by atoms with Crippen LogP contribution in [0.2, 0.25) is 0 Å². The van der Waals surface area contributed by atoms with Crippen molar-refractivity contribution in [1.82, 2.24) is 4.98 Å². The molecule has 1 fully saturated rings. The van der Waals surface area contributed by atoms with Crippen molar-refractivity contribution >= 4 is 5.69 Å². The number of pyridine rings is 1. The standard InChI is InChI=1S/C11H14N4/c12-6-10(8-3-4-8)15-9-2-1-5-14-11(9)7-13/h1-2,5,8,10,15H,3-4,6,12H2. The summed E-state index contributed by atoms with van der Waals surface area (Å²) in [5, 5.41) is 12.2. The fourth-order valence-corrected chi connectivity index (χ4v) is 1.68. The summed E-state index contributed by atoms with van der Waals surface area (Å²) in [5.41, 5.74) is 6.92. The topological polar surface area (TPSA) is 74.7 Å². The highest BCUT2D eigenvalue weighted by atomic mass is 15.0. The van der Waals surface area contributed by atoms with Crippen LogP contribution in [0.5, 0.6) is 0 Å². The third-order valence-corrected chi connectivity index (χ3v) is 2.70. The van der Waals surface area contributed by atoms with Crippen LogP contribution in [0.1, 0.15) is 18.5 Å². The highest BCUT2D eigenvalue weighted by Crippen LogP contribution is 2.34. The van der Waals surface area contributed by atoms with Crippen molar-refractivity contribution < 1.29 is 0 Å². The minimum absolute atomic E-state index is 0.279. The molecule has 0 aliphatic heterocycles. The second-order valence-electron chi connectivity index (χ2n) is 3.84. The fraction of sp³-hybridized carbons (Fsp3) is 0.455. The lowest BCUT2D eigenvalue weighted by Gasteiger charge is -2.17. The van der Waals surface area contributed by atoms with Gasteiger partial charge in [0, 0.05) is 18.8 Å². The lowest BCUT2D eigenvalue weighted by atomic mass is 10.1. The molecule has 0 radical (unpaired) electrons. The zero-order valence-electron chi connectivity index (χ0n) is 8.48. The van der Waals surface area contributed by atoms with Gasteiger partial charge in [-0.05, 0) is 30.9 Å². The summed E-state index contributed by atoms with van der Waals surface area (Å²) in [7, 11) is 0. The number of hydrogen-bond donors (Lipinski definition) is 2.